The molecule has 0 aromatic carbocycles. The zero-order valence-corrected chi connectivity index (χ0v) is 21.5. The maximum atomic E-state index is 12.1. The van der Waals surface area contributed by atoms with Crippen LogP contribution in [0.15, 0.2) is 0 Å². The third-order valence-electron chi connectivity index (χ3n) is 6.31. The van der Waals surface area contributed by atoms with Crippen molar-refractivity contribution in [2.45, 2.75) is 168 Å². The van der Waals surface area contributed by atoms with Crippen LogP contribution < -0.4 is 0 Å². The first kappa shape index (κ1) is 30.9. The van der Waals surface area contributed by atoms with Gasteiger partial charge in [-0.1, -0.05) is 129 Å². The summed E-state index contributed by atoms with van der Waals surface area (Å²) in [7, 11) is 0. The molecule has 0 aliphatic carbocycles. The number of carboxylic acids is 1. The van der Waals surface area contributed by atoms with E-state index in [4.69, 9.17) is 9.84 Å². The molecule has 0 saturated heterocycles. The predicted molar refractivity (Wildman–Crippen MR) is 135 cm³/mol. The highest BCUT2D eigenvalue weighted by atomic mass is 16.5. The van der Waals surface area contributed by atoms with E-state index in [9.17, 15) is 9.59 Å². The van der Waals surface area contributed by atoms with Gasteiger partial charge < -0.3 is 9.84 Å². The van der Waals surface area contributed by atoms with E-state index in [-0.39, 0.29) is 12.4 Å². The van der Waals surface area contributed by atoms with Crippen LogP contribution in [0.5, 0.6) is 0 Å². The van der Waals surface area contributed by atoms with Crippen LogP contribution >= 0.6 is 0 Å². The molecule has 0 aliphatic heterocycles. The molecule has 0 amide bonds. The first-order chi connectivity index (χ1) is 15.6. The van der Waals surface area contributed by atoms with E-state index < -0.39 is 12.1 Å². The number of rotatable bonds is 25. The zero-order chi connectivity index (χ0) is 23.7. The highest BCUT2D eigenvalue weighted by Crippen LogP contribution is 2.16. The summed E-state index contributed by atoms with van der Waals surface area (Å²) in [6, 6.07) is 0. The lowest BCUT2D eigenvalue weighted by atomic mass is 10.0. The number of carboxylic acid groups (broad SMARTS) is 1. The van der Waals surface area contributed by atoms with Gasteiger partial charge in [0.25, 0.3) is 0 Å². The molecule has 0 aliphatic rings. The Morgan fingerprint density at radius 1 is 0.594 bits per heavy atom. The molecule has 0 fully saturated rings. The van der Waals surface area contributed by atoms with E-state index in [0.717, 1.165) is 25.7 Å². The molecular formula is C28H54O4. The fraction of sp³-hybridized carbons (Fsp3) is 0.929. The summed E-state index contributed by atoms with van der Waals surface area (Å²) in [6.07, 6.45) is 25.4. The smallest absolute Gasteiger partial charge is 0.307 e. The quantitative estimate of drug-likeness (QED) is 0.110. The molecule has 0 bridgehead atoms. The van der Waals surface area contributed by atoms with Crippen molar-refractivity contribution >= 4 is 11.9 Å². The van der Waals surface area contributed by atoms with Crippen molar-refractivity contribution in [3.8, 4) is 0 Å². The number of esters is 1. The SMILES string of the molecule is CCCCCCCCCCCCCC(=O)OC(CCCCCCCCCCC)CC(=O)O. The van der Waals surface area contributed by atoms with Gasteiger partial charge in [0.1, 0.15) is 6.10 Å². The Hall–Kier alpha value is -1.06. The summed E-state index contributed by atoms with van der Waals surface area (Å²) < 4.78 is 5.51. The summed E-state index contributed by atoms with van der Waals surface area (Å²) in [5, 5.41) is 9.13. The molecule has 0 saturated carbocycles. The average Bonchev–Trinajstić information content (AvgIpc) is 2.75. The van der Waals surface area contributed by atoms with Crippen LogP contribution in [0.4, 0.5) is 0 Å². The van der Waals surface area contributed by atoms with E-state index >= 15 is 0 Å². The van der Waals surface area contributed by atoms with Crippen molar-refractivity contribution in [2.24, 2.45) is 0 Å². The number of aliphatic carboxylic acids is 1. The normalized spacial score (nSPS) is 12.1. The van der Waals surface area contributed by atoms with Crippen LogP contribution in [0.2, 0.25) is 0 Å². The Bertz CT molecular complexity index is 422. The van der Waals surface area contributed by atoms with E-state index in [1.807, 2.05) is 0 Å². The highest BCUT2D eigenvalue weighted by molar-refractivity contribution is 5.71. The second-order valence-electron chi connectivity index (χ2n) is 9.61. The van der Waals surface area contributed by atoms with Gasteiger partial charge in [0.15, 0.2) is 0 Å². The van der Waals surface area contributed by atoms with Crippen molar-refractivity contribution < 1.29 is 19.4 Å². The largest absolute Gasteiger partial charge is 0.481 e. The highest BCUT2D eigenvalue weighted by Gasteiger charge is 2.17. The molecule has 1 atom stereocenters. The van der Waals surface area contributed by atoms with Crippen LogP contribution in [0.25, 0.3) is 0 Å². The molecule has 32 heavy (non-hydrogen) atoms. The standard InChI is InChI=1S/C28H54O4/c1-3-5-7-9-11-13-14-16-18-20-22-24-28(31)32-26(25-27(29)30)23-21-19-17-15-12-10-8-6-4-2/h26H,3-25H2,1-2H3,(H,29,30). The van der Waals surface area contributed by atoms with Crippen molar-refractivity contribution in [3.63, 3.8) is 0 Å². The van der Waals surface area contributed by atoms with Crippen LogP contribution in [-0.4, -0.2) is 23.1 Å². The number of hydrogen-bond donors (Lipinski definition) is 1. The maximum absolute atomic E-state index is 12.1. The molecule has 0 spiro atoms. The van der Waals surface area contributed by atoms with Gasteiger partial charge >= 0.3 is 11.9 Å². The van der Waals surface area contributed by atoms with Gasteiger partial charge in [-0.15, -0.1) is 0 Å². The first-order valence-corrected chi connectivity index (χ1v) is 14.0. The van der Waals surface area contributed by atoms with Gasteiger partial charge in [-0.05, 0) is 19.3 Å². The molecule has 1 unspecified atom stereocenters. The fourth-order valence-corrected chi connectivity index (χ4v) is 4.26. The van der Waals surface area contributed by atoms with Gasteiger partial charge in [-0.2, -0.15) is 0 Å². The molecule has 0 aromatic rings. The molecular weight excluding hydrogens is 400 g/mol. The lowest BCUT2D eigenvalue weighted by molar-refractivity contribution is -0.153. The topological polar surface area (TPSA) is 63.6 Å². The molecule has 0 rings (SSSR count). The summed E-state index contributed by atoms with van der Waals surface area (Å²) in [5.41, 5.74) is 0. The van der Waals surface area contributed by atoms with Gasteiger partial charge in [0.2, 0.25) is 0 Å². The van der Waals surface area contributed by atoms with E-state index in [1.54, 1.807) is 0 Å². The number of ether oxygens (including phenoxy) is 1. The molecule has 0 aromatic heterocycles. The maximum Gasteiger partial charge on any atom is 0.307 e. The summed E-state index contributed by atoms with van der Waals surface area (Å²) in [5.74, 6) is -1.10. The molecule has 0 radical (unpaired) electrons. The minimum Gasteiger partial charge on any atom is -0.481 e. The number of hydrogen-bond acceptors (Lipinski definition) is 3. The summed E-state index contributed by atoms with van der Waals surface area (Å²) in [6.45, 7) is 4.48. The summed E-state index contributed by atoms with van der Waals surface area (Å²) in [4.78, 5) is 23.3. The minimum absolute atomic E-state index is 0.0684. The van der Waals surface area contributed by atoms with Crippen molar-refractivity contribution in [1.82, 2.24) is 0 Å². The third-order valence-corrected chi connectivity index (χ3v) is 6.31. The molecule has 4 nitrogen and oxygen atoms in total. The molecule has 4 heteroatoms. The lowest BCUT2D eigenvalue weighted by Gasteiger charge is -2.16. The van der Waals surface area contributed by atoms with Gasteiger partial charge in [0.05, 0.1) is 6.42 Å². The second kappa shape index (κ2) is 24.6. The number of carbonyl (C=O) groups is 2. The van der Waals surface area contributed by atoms with Gasteiger partial charge in [-0.3, -0.25) is 9.59 Å². The Labute approximate surface area is 199 Å². The van der Waals surface area contributed by atoms with Crippen LogP contribution in [0, 0.1) is 0 Å². The van der Waals surface area contributed by atoms with Crippen LogP contribution in [0.1, 0.15) is 162 Å². The number of unbranched alkanes of at least 4 members (excludes halogenated alkanes) is 18. The third kappa shape index (κ3) is 23.6. The molecule has 1 N–H and O–H groups in total. The molecule has 0 heterocycles. The molecule has 190 valence electrons. The Kier molecular flexibility index (Phi) is 23.8. The summed E-state index contributed by atoms with van der Waals surface area (Å²) >= 11 is 0. The van der Waals surface area contributed by atoms with Crippen LogP contribution in [0.3, 0.4) is 0 Å². The average molecular weight is 455 g/mol. The van der Waals surface area contributed by atoms with Crippen molar-refractivity contribution in [2.75, 3.05) is 0 Å². The number of carbonyl (C=O) groups excluding carboxylic acids is 1. The predicted octanol–water partition coefficient (Wildman–Crippen LogP) is 8.99. The minimum atomic E-state index is -0.881. The van der Waals surface area contributed by atoms with E-state index in [0.29, 0.717) is 12.8 Å². The Morgan fingerprint density at radius 2 is 0.969 bits per heavy atom. The van der Waals surface area contributed by atoms with Gasteiger partial charge in [-0.25, -0.2) is 0 Å². The first-order valence-electron chi connectivity index (χ1n) is 14.0. The second-order valence-corrected chi connectivity index (χ2v) is 9.61. The Balaban J connectivity index is 3.71. The zero-order valence-electron chi connectivity index (χ0n) is 21.5. The lowest BCUT2D eigenvalue weighted by Crippen LogP contribution is -2.21. The van der Waals surface area contributed by atoms with E-state index in [2.05, 4.69) is 13.8 Å². The van der Waals surface area contributed by atoms with Crippen LogP contribution in [-0.2, 0) is 14.3 Å². The van der Waals surface area contributed by atoms with Crippen molar-refractivity contribution in [1.29, 1.82) is 0 Å². The fourth-order valence-electron chi connectivity index (χ4n) is 4.26. The van der Waals surface area contributed by atoms with Crippen molar-refractivity contribution in [3.05, 3.63) is 0 Å². The van der Waals surface area contributed by atoms with Gasteiger partial charge in [0, 0.05) is 6.42 Å². The van der Waals surface area contributed by atoms with E-state index in [1.165, 1.54) is 103 Å². The monoisotopic (exact) mass is 454 g/mol. The Morgan fingerprint density at radius 3 is 1.38 bits per heavy atom.